The first kappa shape index (κ1) is 13.1. The van der Waals surface area contributed by atoms with E-state index in [4.69, 9.17) is 16.3 Å². The van der Waals surface area contributed by atoms with Crippen LogP contribution < -0.4 is 10.2 Å². The third-order valence-corrected chi connectivity index (χ3v) is 2.55. The van der Waals surface area contributed by atoms with Crippen LogP contribution in [0.15, 0.2) is 35.7 Å². The van der Waals surface area contributed by atoms with Gasteiger partial charge in [0.25, 0.3) is 0 Å². The minimum atomic E-state index is 0.0146. The van der Waals surface area contributed by atoms with E-state index in [9.17, 15) is 5.11 Å². The number of rotatable bonds is 4. The number of phenolic OH excluding ortho intramolecular Hbond substituents is 1. The highest BCUT2D eigenvalue weighted by molar-refractivity contribution is 6.31. The van der Waals surface area contributed by atoms with Crippen molar-refractivity contribution in [3.63, 3.8) is 0 Å². The number of halogens is 1. The first-order valence-electron chi connectivity index (χ1n) is 5.34. The average molecular weight is 279 g/mol. The Balaban J connectivity index is 2.14. The summed E-state index contributed by atoms with van der Waals surface area (Å²) in [6.45, 7) is 0. The van der Waals surface area contributed by atoms with Gasteiger partial charge in [0.05, 0.1) is 13.3 Å². The molecule has 0 aliphatic carbocycles. The lowest BCUT2D eigenvalue weighted by molar-refractivity contribution is 0.373. The number of anilines is 1. The number of para-hydroxylation sites is 1. The van der Waals surface area contributed by atoms with Crippen LogP contribution in [0, 0.1) is 0 Å². The van der Waals surface area contributed by atoms with Gasteiger partial charge in [0, 0.05) is 18.0 Å². The second-order valence-electron chi connectivity index (χ2n) is 3.46. The third kappa shape index (κ3) is 3.11. The fourth-order valence-corrected chi connectivity index (χ4v) is 1.51. The summed E-state index contributed by atoms with van der Waals surface area (Å²) in [6, 6.07) is 5.09. The normalized spacial score (nSPS) is 10.6. The van der Waals surface area contributed by atoms with Crippen molar-refractivity contribution in [3.05, 3.63) is 41.3 Å². The van der Waals surface area contributed by atoms with Crippen molar-refractivity contribution in [1.82, 2.24) is 9.97 Å². The van der Waals surface area contributed by atoms with Gasteiger partial charge in [-0.15, -0.1) is 0 Å². The zero-order valence-corrected chi connectivity index (χ0v) is 10.8. The van der Waals surface area contributed by atoms with E-state index in [0.717, 1.165) is 0 Å². The molecule has 0 atom stereocenters. The maximum atomic E-state index is 9.84. The van der Waals surface area contributed by atoms with E-state index in [2.05, 4.69) is 20.5 Å². The van der Waals surface area contributed by atoms with Crippen molar-refractivity contribution in [2.45, 2.75) is 0 Å². The van der Waals surface area contributed by atoms with E-state index in [1.165, 1.54) is 25.7 Å². The molecule has 0 radical (unpaired) electrons. The Morgan fingerprint density at radius 2 is 2.16 bits per heavy atom. The Morgan fingerprint density at radius 3 is 2.89 bits per heavy atom. The molecule has 1 aromatic carbocycles. The highest BCUT2D eigenvalue weighted by Gasteiger charge is 2.05. The number of benzene rings is 1. The summed E-state index contributed by atoms with van der Waals surface area (Å²) in [5.74, 6) is 0.727. The fraction of sp³-hybridized carbons (Fsp3) is 0.0833. The van der Waals surface area contributed by atoms with Gasteiger partial charge in [-0.2, -0.15) is 5.10 Å². The summed E-state index contributed by atoms with van der Waals surface area (Å²) in [7, 11) is 1.48. The number of hydrogen-bond donors (Lipinski definition) is 2. The minimum absolute atomic E-state index is 0.0146. The maximum Gasteiger partial charge on any atom is 0.184 e. The van der Waals surface area contributed by atoms with Crippen molar-refractivity contribution >= 4 is 23.6 Å². The van der Waals surface area contributed by atoms with Crippen LogP contribution in [-0.4, -0.2) is 28.4 Å². The number of aromatic nitrogens is 2. The summed E-state index contributed by atoms with van der Waals surface area (Å²) in [4.78, 5) is 7.81. The van der Waals surface area contributed by atoms with E-state index in [0.29, 0.717) is 17.1 Å². The van der Waals surface area contributed by atoms with Gasteiger partial charge in [-0.3, -0.25) is 5.43 Å². The summed E-state index contributed by atoms with van der Waals surface area (Å²) < 4.78 is 4.99. The topological polar surface area (TPSA) is 79.6 Å². The molecule has 0 saturated carbocycles. The smallest absolute Gasteiger partial charge is 0.184 e. The van der Waals surface area contributed by atoms with Gasteiger partial charge in [0.15, 0.2) is 22.5 Å². The highest BCUT2D eigenvalue weighted by atomic mass is 35.5. The zero-order chi connectivity index (χ0) is 13.7. The van der Waals surface area contributed by atoms with Crippen LogP contribution in [0.4, 0.5) is 5.82 Å². The van der Waals surface area contributed by atoms with Crippen LogP contribution in [0.3, 0.4) is 0 Å². The van der Waals surface area contributed by atoms with E-state index < -0.39 is 0 Å². The number of methoxy groups -OCH3 is 1. The average Bonchev–Trinajstić information content (AvgIpc) is 2.43. The molecule has 1 aromatic heterocycles. The van der Waals surface area contributed by atoms with Crippen molar-refractivity contribution in [3.8, 4) is 11.5 Å². The van der Waals surface area contributed by atoms with Crippen LogP contribution in [0.5, 0.6) is 11.5 Å². The fourth-order valence-electron chi connectivity index (χ4n) is 1.37. The van der Waals surface area contributed by atoms with Crippen molar-refractivity contribution in [1.29, 1.82) is 0 Å². The van der Waals surface area contributed by atoms with Gasteiger partial charge in [0.1, 0.15) is 0 Å². The van der Waals surface area contributed by atoms with E-state index in [1.807, 2.05) is 0 Å². The summed E-state index contributed by atoms with van der Waals surface area (Å²) >= 11 is 5.81. The number of aromatic hydroxyl groups is 1. The Hall–Kier alpha value is -2.34. The highest BCUT2D eigenvalue weighted by Crippen LogP contribution is 2.28. The monoisotopic (exact) mass is 278 g/mol. The molecule has 98 valence electrons. The molecule has 2 rings (SSSR count). The lowest BCUT2D eigenvalue weighted by Gasteiger charge is -2.05. The first-order valence-corrected chi connectivity index (χ1v) is 5.71. The van der Waals surface area contributed by atoms with E-state index >= 15 is 0 Å². The molecule has 2 aromatic rings. The molecule has 0 bridgehead atoms. The second kappa shape index (κ2) is 6.01. The minimum Gasteiger partial charge on any atom is -0.504 e. The molecule has 7 heteroatoms. The molecule has 0 amide bonds. The SMILES string of the molecule is COc1cccc(/C=N\Nc2nccnc2Cl)c1O. The predicted octanol–water partition coefficient (Wildman–Crippen LogP) is 2.29. The lowest BCUT2D eigenvalue weighted by atomic mass is 10.2. The Labute approximate surface area is 114 Å². The first-order chi connectivity index (χ1) is 9.22. The Bertz CT molecular complexity index is 604. The molecule has 19 heavy (non-hydrogen) atoms. The molecular formula is C12H11ClN4O2. The molecule has 0 saturated heterocycles. The van der Waals surface area contributed by atoms with Crippen molar-refractivity contribution in [2.75, 3.05) is 12.5 Å². The largest absolute Gasteiger partial charge is 0.504 e. The third-order valence-electron chi connectivity index (χ3n) is 2.28. The van der Waals surface area contributed by atoms with Gasteiger partial charge in [-0.1, -0.05) is 17.7 Å². The molecule has 6 nitrogen and oxygen atoms in total. The maximum absolute atomic E-state index is 9.84. The zero-order valence-electron chi connectivity index (χ0n) is 10.0. The summed E-state index contributed by atoms with van der Waals surface area (Å²) in [6.07, 6.45) is 4.40. The van der Waals surface area contributed by atoms with Crippen molar-refractivity contribution < 1.29 is 9.84 Å². The molecule has 0 aliphatic heterocycles. The molecule has 0 unspecified atom stereocenters. The number of nitrogens with one attached hydrogen (secondary N) is 1. The van der Waals surface area contributed by atoms with Crippen LogP contribution in [0.25, 0.3) is 0 Å². The van der Waals surface area contributed by atoms with Crippen LogP contribution >= 0.6 is 11.6 Å². The number of hydrogen-bond acceptors (Lipinski definition) is 6. The quantitative estimate of drug-likeness (QED) is 0.662. The van der Waals surface area contributed by atoms with Crippen molar-refractivity contribution in [2.24, 2.45) is 5.10 Å². The van der Waals surface area contributed by atoms with E-state index in [-0.39, 0.29) is 10.9 Å². The van der Waals surface area contributed by atoms with Gasteiger partial charge in [-0.05, 0) is 12.1 Å². The Kier molecular flexibility index (Phi) is 4.15. The molecule has 0 fully saturated rings. The van der Waals surface area contributed by atoms with E-state index in [1.54, 1.807) is 18.2 Å². The second-order valence-corrected chi connectivity index (χ2v) is 3.82. The number of nitrogens with zero attached hydrogens (tertiary/aromatic N) is 3. The number of hydrazone groups is 1. The molecule has 0 spiro atoms. The van der Waals surface area contributed by atoms with Gasteiger partial charge < -0.3 is 9.84 Å². The molecular weight excluding hydrogens is 268 g/mol. The lowest BCUT2D eigenvalue weighted by Crippen LogP contribution is -1.96. The molecule has 1 heterocycles. The summed E-state index contributed by atoms with van der Waals surface area (Å²) in [5.41, 5.74) is 3.14. The van der Waals surface area contributed by atoms with Crippen LogP contribution in [0.2, 0.25) is 5.15 Å². The number of phenols is 1. The van der Waals surface area contributed by atoms with Crippen LogP contribution in [0.1, 0.15) is 5.56 Å². The molecule has 0 aliphatic rings. The van der Waals surface area contributed by atoms with Gasteiger partial charge >= 0.3 is 0 Å². The van der Waals surface area contributed by atoms with Gasteiger partial charge in [0.2, 0.25) is 0 Å². The number of ether oxygens (including phenoxy) is 1. The molecule has 2 N–H and O–H groups in total. The predicted molar refractivity (Wildman–Crippen MR) is 72.9 cm³/mol. The van der Waals surface area contributed by atoms with Gasteiger partial charge in [-0.25, -0.2) is 9.97 Å². The standard InChI is InChI=1S/C12H11ClN4O2/c1-19-9-4-2-3-8(10(9)18)7-16-17-12-11(13)14-5-6-15-12/h2-7,18H,1H3,(H,15,17)/b16-7-. The Morgan fingerprint density at radius 1 is 1.37 bits per heavy atom. The van der Waals surface area contributed by atoms with Crippen LogP contribution in [-0.2, 0) is 0 Å². The summed E-state index contributed by atoms with van der Waals surface area (Å²) in [5, 5.41) is 14.0.